The third kappa shape index (κ3) is 4.59. The summed E-state index contributed by atoms with van der Waals surface area (Å²) in [5.74, 6) is -0.832. The van der Waals surface area contributed by atoms with Gasteiger partial charge in [0.15, 0.2) is 0 Å². The minimum Gasteiger partial charge on any atom is -0.481 e. The summed E-state index contributed by atoms with van der Waals surface area (Å²) in [6.07, 6.45) is 5.53. The Hall–Kier alpha value is -1.30. The predicted molar refractivity (Wildman–Crippen MR) is 80.3 cm³/mol. The van der Waals surface area contributed by atoms with Gasteiger partial charge in [-0.05, 0) is 45.7 Å². The van der Waals surface area contributed by atoms with Gasteiger partial charge in [0, 0.05) is 25.2 Å². The van der Waals surface area contributed by atoms with E-state index in [1.54, 1.807) is 4.90 Å². The summed E-state index contributed by atoms with van der Waals surface area (Å²) >= 11 is 0. The molecule has 0 aromatic rings. The van der Waals surface area contributed by atoms with Crippen LogP contribution < -0.4 is 5.32 Å². The lowest BCUT2D eigenvalue weighted by Crippen LogP contribution is -2.49. The standard InChI is InChI=1S/C15H27N3O3/c1-12(17-7-3-2-4-8-17)11-16-15(21)18-9-5-6-13(18)10-14(19)20/h12-13H,2-11H2,1H3,(H,16,21)(H,19,20). The van der Waals surface area contributed by atoms with Crippen LogP contribution in [0.5, 0.6) is 0 Å². The molecule has 2 amide bonds. The Bertz CT molecular complexity index is 369. The van der Waals surface area contributed by atoms with Crippen molar-refractivity contribution in [3.05, 3.63) is 0 Å². The second kappa shape index (κ2) is 7.64. The highest BCUT2D eigenvalue weighted by molar-refractivity contribution is 5.76. The van der Waals surface area contributed by atoms with Gasteiger partial charge in [-0.3, -0.25) is 9.69 Å². The first-order valence-corrected chi connectivity index (χ1v) is 8.08. The molecule has 2 N–H and O–H groups in total. The monoisotopic (exact) mass is 297 g/mol. The maximum Gasteiger partial charge on any atom is 0.317 e. The number of carbonyl (C=O) groups excluding carboxylic acids is 1. The van der Waals surface area contributed by atoms with E-state index >= 15 is 0 Å². The number of likely N-dealkylation sites (tertiary alicyclic amines) is 2. The number of amides is 2. The predicted octanol–water partition coefficient (Wildman–Crippen LogP) is 1.51. The quantitative estimate of drug-likeness (QED) is 0.807. The van der Waals surface area contributed by atoms with Gasteiger partial charge in [0.05, 0.1) is 6.42 Å². The van der Waals surface area contributed by atoms with Gasteiger partial charge in [-0.2, -0.15) is 0 Å². The molecule has 2 aliphatic heterocycles. The van der Waals surface area contributed by atoms with Gasteiger partial charge in [-0.15, -0.1) is 0 Å². The van der Waals surface area contributed by atoms with Crippen LogP contribution in [0.2, 0.25) is 0 Å². The Morgan fingerprint density at radius 3 is 2.57 bits per heavy atom. The fraction of sp³-hybridized carbons (Fsp3) is 0.867. The molecule has 2 heterocycles. The number of carboxylic acid groups (broad SMARTS) is 1. The zero-order valence-corrected chi connectivity index (χ0v) is 12.9. The molecule has 2 atom stereocenters. The smallest absolute Gasteiger partial charge is 0.317 e. The first kappa shape index (κ1) is 16.1. The molecule has 0 aliphatic carbocycles. The van der Waals surface area contributed by atoms with Crippen molar-refractivity contribution in [1.82, 2.24) is 15.1 Å². The Morgan fingerprint density at radius 1 is 1.19 bits per heavy atom. The molecule has 0 radical (unpaired) electrons. The largest absolute Gasteiger partial charge is 0.481 e. The molecule has 2 rings (SSSR count). The van der Waals surface area contributed by atoms with Crippen molar-refractivity contribution in [2.45, 2.75) is 57.5 Å². The Morgan fingerprint density at radius 2 is 1.90 bits per heavy atom. The molecule has 21 heavy (non-hydrogen) atoms. The van der Waals surface area contributed by atoms with Crippen LogP contribution in [0.15, 0.2) is 0 Å². The zero-order chi connectivity index (χ0) is 15.2. The van der Waals surface area contributed by atoms with Gasteiger partial charge in [0.2, 0.25) is 0 Å². The van der Waals surface area contributed by atoms with Gasteiger partial charge in [0.1, 0.15) is 0 Å². The summed E-state index contributed by atoms with van der Waals surface area (Å²) in [6, 6.07) is 0.0881. The number of carboxylic acids is 1. The van der Waals surface area contributed by atoms with E-state index in [0.29, 0.717) is 19.1 Å². The average Bonchev–Trinajstić information content (AvgIpc) is 2.92. The number of rotatable bonds is 5. The number of carbonyl (C=O) groups is 2. The summed E-state index contributed by atoms with van der Waals surface area (Å²) in [4.78, 5) is 27.2. The Kier molecular flexibility index (Phi) is 5.85. The highest BCUT2D eigenvalue weighted by Gasteiger charge is 2.30. The number of piperidine rings is 1. The van der Waals surface area contributed by atoms with E-state index in [9.17, 15) is 9.59 Å². The number of urea groups is 1. The van der Waals surface area contributed by atoms with Crippen molar-refractivity contribution in [1.29, 1.82) is 0 Å². The van der Waals surface area contributed by atoms with Gasteiger partial charge in [0.25, 0.3) is 0 Å². The molecule has 0 aromatic heterocycles. The maximum atomic E-state index is 12.2. The molecule has 6 heteroatoms. The van der Waals surface area contributed by atoms with Crippen LogP contribution in [0.1, 0.15) is 45.4 Å². The van der Waals surface area contributed by atoms with E-state index in [1.807, 2.05) is 0 Å². The summed E-state index contributed by atoms with van der Waals surface area (Å²) in [7, 11) is 0. The maximum absolute atomic E-state index is 12.2. The summed E-state index contributed by atoms with van der Waals surface area (Å²) in [5, 5.41) is 11.9. The lowest BCUT2D eigenvalue weighted by atomic mass is 10.1. The molecule has 2 aliphatic rings. The van der Waals surface area contributed by atoms with E-state index in [-0.39, 0.29) is 18.5 Å². The van der Waals surface area contributed by atoms with Gasteiger partial charge >= 0.3 is 12.0 Å². The van der Waals surface area contributed by atoms with E-state index in [1.165, 1.54) is 19.3 Å². The lowest BCUT2D eigenvalue weighted by Gasteiger charge is -2.33. The highest BCUT2D eigenvalue weighted by Crippen LogP contribution is 2.20. The molecule has 2 unspecified atom stereocenters. The van der Waals surface area contributed by atoms with Crippen LogP contribution in [0.25, 0.3) is 0 Å². The topological polar surface area (TPSA) is 72.9 Å². The van der Waals surface area contributed by atoms with Crippen LogP contribution in [-0.4, -0.2) is 65.2 Å². The van der Waals surface area contributed by atoms with Crippen molar-refractivity contribution in [2.24, 2.45) is 0 Å². The molecule has 2 fully saturated rings. The van der Waals surface area contributed by atoms with E-state index in [2.05, 4.69) is 17.1 Å². The van der Waals surface area contributed by atoms with Crippen molar-refractivity contribution < 1.29 is 14.7 Å². The van der Waals surface area contributed by atoms with Gasteiger partial charge in [-0.1, -0.05) is 6.42 Å². The van der Waals surface area contributed by atoms with Crippen molar-refractivity contribution in [2.75, 3.05) is 26.2 Å². The lowest BCUT2D eigenvalue weighted by molar-refractivity contribution is -0.137. The first-order valence-electron chi connectivity index (χ1n) is 8.08. The number of aliphatic carboxylic acids is 1. The third-order valence-corrected chi connectivity index (χ3v) is 4.61. The van der Waals surface area contributed by atoms with Crippen molar-refractivity contribution in [3.63, 3.8) is 0 Å². The summed E-state index contributed by atoms with van der Waals surface area (Å²) in [6.45, 7) is 5.67. The molecule has 120 valence electrons. The molecular formula is C15H27N3O3. The first-order chi connectivity index (χ1) is 10.1. The number of hydrogen-bond donors (Lipinski definition) is 2. The van der Waals surface area contributed by atoms with Gasteiger partial charge in [-0.25, -0.2) is 4.79 Å². The second-order valence-electron chi connectivity index (χ2n) is 6.22. The molecule has 0 spiro atoms. The highest BCUT2D eigenvalue weighted by atomic mass is 16.4. The average molecular weight is 297 g/mol. The molecule has 0 saturated carbocycles. The SMILES string of the molecule is CC(CNC(=O)N1CCCC1CC(=O)O)N1CCCCC1. The molecule has 6 nitrogen and oxygen atoms in total. The van der Waals surface area contributed by atoms with Gasteiger partial charge < -0.3 is 15.3 Å². The van der Waals surface area contributed by atoms with Crippen LogP contribution in [0, 0.1) is 0 Å². The molecule has 2 saturated heterocycles. The van der Waals surface area contributed by atoms with Crippen LogP contribution in [-0.2, 0) is 4.79 Å². The van der Waals surface area contributed by atoms with Crippen molar-refractivity contribution in [3.8, 4) is 0 Å². The summed E-state index contributed by atoms with van der Waals surface area (Å²) in [5.41, 5.74) is 0. The Labute approximate surface area is 126 Å². The Balaban J connectivity index is 1.76. The minimum absolute atomic E-state index is 0.0507. The fourth-order valence-corrected chi connectivity index (χ4v) is 3.34. The number of hydrogen-bond acceptors (Lipinski definition) is 3. The number of nitrogens with one attached hydrogen (secondary N) is 1. The minimum atomic E-state index is -0.832. The second-order valence-corrected chi connectivity index (χ2v) is 6.22. The molecule has 0 bridgehead atoms. The normalized spacial score (nSPS) is 24.8. The fourth-order valence-electron chi connectivity index (χ4n) is 3.34. The third-order valence-electron chi connectivity index (χ3n) is 4.61. The van der Waals surface area contributed by atoms with Crippen LogP contribution in [0.4, 0.5) is 4.79 Å². The van der Waals surface area contributed by atoms with E-state index < -0.39 is 5.97 Å². The number of nitrogens with zero attached hydrogens (tertiary/aromatic N) is 2. The van der Waals surface area contributed by atoms with Crippen LogP contribution in [0.3, 0.4) is 0 Å². The van der Waals surface area contributed by atoms with E-state index in [4.69, 9.17) is 5.11 Å². The summed E-state index contributed by atoms with van der Waals surface area (Å²) < 4.78 is 0. The van der Waals surface area contributed by atoms with Crippen molar-refractivity contribution >= 4 is 12.0 Å². The van der Waals surface area contributed by atoms with E-state index in [0.717, 1.165) is 25.9 Å². The van der Waals surface area contributed by atoms with Crippen LogP contribution >= 0.6 is 0 Å². The zero-order valence-electron chi connectivity index (χ0n) is 12.9. The molecule has 0 aromatic carbocycles. The molecular weight excluding hydrogens is 270 g/mol.